The van der Waals surface area contributed by atoms with Gasteiger partial charge in [-0.1, -0.05) is 12.1 Å². The third-order valence-electron chi connectivity index (χ3n) is 5.50. The topological polar surface area (TPSA) is 92.1 Å². The maximum atomic E-state index is 13.2. The summed E-state index contributed by atoms with van der Waals surface area (Å²) in [7, 11) is 1.55. The Morgan fingerprint density at radius 3 is 2.42 bits per heavy atom. The molecule has 172 valence electrons. The van der Waals surface area contributed by atoms with Gasteiger partial charge in [-0.25, -0.2) is 0 Å². The average molecular weight is 468 g/mol. The minimum Gasteiger partial charge on any atom is -0.496 e. The van der Waals surface area contributed by atoms with Gasteiger partial charge in [0.1, 0.15) is 5.75 Å². The molecule has 3 heterocycles. The van der Waals surface area contributed by atoms with Crippen molar-refractivity contribution < 1.29 is 23.5 Å². The molecule has 33 heavy (non-hydrogen) atoms. The fourth-order valence-corrected chi connectivity index (χ4v) is 4.83. The second-order valence-electron chi connectivity index (χ2n) is 7.69. The molecule has 1 aromatic carbocycles. The summed E-state index contributed by atoms with van der Waals surface area (Å²) < 4.78 is 10.4. The second kappa shape index (κ2) is 9.91. The average Bonchev–Trinajstić information content (AvgIpc) is 3.42. The predicted molar refractivity (Wildman–Crippen MR) is 125 cm³/mol. The molecule has 9 heteroatoms. The number of hydrogen-bond acceptors (Lipinski definition) is 6. The summed E-state index contributed by atoms with van der Waals surface area (Å²) in [4.78, 5) is 42.6. The molecule has 0 aliphatic carbocycles. The summed E-state index contributed by atoms with van der Waals surface area (Å²) in [5.41, 5.74) is 1.32. The number of nitrogens with one attached hydrogen (secondary N) is 1. The highest BCUT2D eigenvalue weighted by molar-refractivity contribution is 7.18. The van der Waals surface area contributed by atoms with Crippen LogP contribution in [-0.4, -0.2) is 60.8 Å². The summed E-state index contributed by atoms with van der Waals surface area (Å²) in [6, 6.07) is 12.2. The molecule has 1 N–H and O–H groups in total. The van der Waals surface area contributed by atoms with Gasteiger partial charge in [-0.2, -0.15) is 0 Å². The number of carbonyl (C=O) groups is 3. The molecular weight excluding hydrogens is 442 g/mol. The third-order valence-corrected chi connectivity index (χ3v) is 6.64. The van der Waals surface area contributed by atoms with Crippen molar-refractivity contribution >= 4 is 34.1 Å². The van der Waals surface area contributed by atoms with Crippen LogP contribution < -0.4 is 10.1 Å². The molecule has 4 rings (SSSR count). The number of aryl methyl sites for hydroxylation is 1. The molecule has 0 spiro atoms. The van der Waals surface area contributed by atoms with Crippen molar-refractivity contribution in [1.29, 1.82) is 0 Å². The van der Waals surface area contributed by atoms with Crippen molar-refractivity contribution in [3.05, 3.63) is 70.5 Å². The van der Waals surface area contributed by atoms with E-state index < -0.39 is 0 Å². The summed E-state index contributed by atoms with van der Waals surface area (Å²) >= 11 is 1.24. The van der Waals surface area contributed by atoms with Crippen molar-refractivity contribution in [2.24, 2.45) is 0 Å². The monoisotopic (exact) mass is 467 g/mol. The van der Waals surface area contributed by atoms with E-state index in [1.165, 1.54) is 17.6 Å². The number of rotatable bonds is 5. The number of benzene rings is 1. The zero-order valence-corrected chi connectivity index (χ0v) is 19.3. The Kier molecular flexibility index (Phi) is 6.79. The van der Waals surface area contributed by atoms with Crippen LogP contribution in [0.25, 0.3) is 0 Å². The number of amides is 3. The van der Waals surface area contributed by atoms with E-state index in [0.717, 1.165) is 5.56 Å². The van der Waals surface area contributed by atoms with E-state index in [9.17, 15) is 14.4 Å². The van der Waals surface area contributed by atoms with Crippen LogP contribution in [0.2, 0.25) is 0 Å². The van der Waals surface area contributed by atoms with Crippen molar-refractivity contribution in [2.75, 3.05) is 38.6 Å². The number of carbonyl (C=O) groups excluding carboxylic acids is 3. The van der Waals surface area contributed by atoms with E-state index >= 15 is 0 Å². The fraction of sp³-hybridized carbons (Fsp3) is 0.292. The SMILES string of the molecule is COc1ccccc1C(=O)N1CCCN(C(=O)c2sc(NC(=O)c3ccco3)cc2C)CC1. The number of furan rings is 1. The van der Waals surface area contributed by atoms with Crippen LogP contribution in [0.3, 0.4) is 0 Å². The zero-order valence-electron chi connectivity index (χ0n) is 18.5. The second-order valence-corrected chi connectivity index (χ2v) is 8.74. The first-order valence-electron chi connectivity index (χ1n) is 10.6. The van der Waals surface area contributed by atoms with Crippen LogP contribution in [0.15, 0.2) is 53.1 Å². The van der Waals surface area contributed by atoms with Crippen LogP contribution in [-0.2, 0) is 0 Å². The molecule has 0 radical (unpaired) electrons. The lowest BCUT2D eigenvalue weighted by molar-refractivity contribution is 0.0719. The van der Waals surface area contributed by atoms with E-state index in [0.29, 0.717) is 53.8 Å². The molecule has 8 nitrogen and oxygen atoms in total. The first-order valence-corrected chi connectivity index (χ1v) is 11.5. The van der Waals surface area contributed by atoms with E-state index in [-0.39, 0.29) is 23.5 Å². The largest absolute Gasteiger partial charge is 0.496 e. The molecule has 2 aromatic heterocycles. The molecule has 0 atom stereocenters. The normalized spacial score (nSPS) is 14.0. The molecular formula is C24H25N3O5S. The quantitative estimate of drug-likeness (QED) is 0.615. The van der Waals surface area contributed by atoms with Crippen molar-refractivity contribution in [1.82, 2.24) is 9.80 Å². The highest BCUT2D eigenvalue weighted by atomic mass is 32.1. The number of para-hydroxylation sites is 1. The van der Waals surface area contributed by atoms with Crippen molar-refractivity contribution in [3.8, 4) is 5.75 Å². The number of ether oxygens (including phenoxy) is 1. The van der Waals surface area contributed by atoms with Gasteiger partial charge in [0.2, 0.25) is 0 Å². The molecule has 1 aliphatic rings. The van der Waals surface area contributed by atoms with Gasteiger partial charge in [0.05, 0.1) is 28.8 Å². The Balaban J connectivity index is 1.42. The zero-order chi connectivity index (χ0) is 23.4. The minimum atomic E-state index is -0.361. The Labute approximate surface area is 195 Å². The van der Waals surface area contributed by atoms with Gasteiger partial charge < -0.3 is 24.3 Å². The number of anilines is 1. The lowest BCUT2D eigenvalue weighted by Gasteiger charge is -2.22. The predicted octanol–water partition coefficient (Wildman–Crippen LogP) is 3.90. The Morgan fingerprint density at radius 1 is 1.00 bits per heavy atom. The Morgan fingerprint density at radius 2 is 1.73 bits per heavy atom. The van der Waals surface area contributed by atoms with E-state index in [1.807, 2.05) is 19.1 Å². The van der Waals surface area contributed by atoms with Gasteiger partial charge >= 0.3 is 0 Å². The van der Waals surface area contributed by atoms with Gasteiger partial charge in [0, 0.05) is 26.2 Å². The summed E-state index contributed by atoms with van der Waals surface area (Å²) in [6.45, 7) is 3.84. The first-order chi connectivity index (χ1) is 16.0. The number of methoxy groups -OCH3 is 1. The Bertz CT molecular complexity index is 1150. The Hall–Kier alpha value is -3.59. The lowest BCUT2D eigenvalue weighted by Crippen LogP contribution is -2.37. The standard InChI is InChI=1S/C24H25N3O5S/c1-16-15-20(25-22(28)19-9-5-14-32-19)33-21(16)24(30)27-11-6-10-26(12-13-27)23(29)17-7-3-4-8-18(17)31-2/h3-5,7-9,14-15H,6,10-13H2,1-2H3,(H,25,28). The summed E-state index contributed by atoms with van der Waals surface area (Å²) in [5, 5.41) is 3.36. The van der Waals surface area contributed by atoms with Gasteiger partial charge in [-0.05, 0) is 49.2 Å². The van der Waals surface area contributed by atoms with Crippen LogP contribution in [0.4, 0.5) is 5.00 Å². The molecule has 3 amide bonds. The summed E-state index contributed by atoms with van der Waals surface area (Å²) in [6.07, 6.45) is 2.12. The first kappa shape index (κ1) is 22.6. The maximum Gasteiger partial charge on any atom is 0.291 e. The molecule has 1 aliphatic heterocycles. The molecule has 0 unspecified atom stereocenters. The van der Waals surface area contributed by atoms with Crippen molar-refractivity contribution in [3.63, 3.8) is 0 Å². The summed E-state index contributed by atoms with van der Waals surface area (Å²) in [5.74, 6) is 0.194. The minimum absolute atomic E-state index is 0.0948. The van der Waals surface area contributed by atoms with E-state index in [2.05, 4.69) is 5.32 Å². The van der Waals surface area contributed by atoms with Crippen LogP contribution in [0.5, 0.6) is 5.75 Å². The highest BCUT2D eigenvalue weighted by Gasteiger charge is 2.27. The number of nitrogens with zero attached hydrogens (tertiary/aromatic N) is 2. The lowest BCUT2D eigenvalue weighted by atomic mass is 10.1. The smallest absolute Gasteiger partial charge is 0.291 e. The van der Waals surface area contributed by atoms with Gasteiger partial charge in [-0.15, -0.1) is 11.3 Å². The maximum absolute atomic E-state index is 13.2. The number of hydrogen-bond donors (Lipinski definition) is 1. The van der Waals surface area contributed by atoms with E-state index in [4.69, 9.17) is 9.15 Å². The molecule has 3 aromatic rings. The van der Waals surface area contributed by atoms with Crippen LogP contribution in [0.1, 0.15) is 42.6 Å². The molecule has 0 bridgehead atoms. The van der Waals surface area contributed by atoms with Crippen LogP contribution in [0, 0.1) is 6.92 Å². The highest BCUT2D eigenvalue weighted by Crippen LogP contribution is 2.29. The number of thiophene rings is 1. The van der Waals surface area contributed by atoms with Crippen LogP contribution >= 0.6 is 11.3 Å². The van der Waals surface area contributed by atoms with Crippen molar-refractivity contribution in [2.45, 2.75) is 13.3 Å². The fourth-order valence-electron chi connectivity index (χ4n) is 3.80. The van der Waals surface area contributed by atoms with Gasteiger partial charge in [-0.3, -0.25) is 14.4 Å². The molecule has 0 saturated carbocycles. The molecule has 1 fully saturated rings. The van der Waals surface area contributed by atoms with Gasteiger partial charge in [0.15, 0.2) is 5.76 Å². The van der Waals surface area contributed by atoms with E-state index in [1.54, 1.807) is 47.2 Å². The molecule has 1 saturated heterocycles. The van der Waals surface area contributed by atoms with Gasteiger partial charge in [0.25, 0.3) is 17.7 Å². The third kappa shape index (κ3) is 4.93.